The number of ether oxygens (including phenoxy) is 1. The number of aromatic nitrogens is 1. The number of likely N-dealkylation sites (N-methyl/N-ethyl adjacent to an activating group) is 1. The molecule has 1 fully saturated rings. The second-order valence-electron chi connectivity index (χ2n) is 9.59. The fraction of sp³-hybridized carbons (Fsp3) is 0.500. The summed E-state index contributed by atoms with van der Waals surface area (Å²) in [6.07, 6.45) is 3.55. The third kappa shape index (κ3) is 6.17. The Kier molecular flexibility index (Phi) is 8.07. The molecule has 1 unspecified atom stereocenters. The zero-order valence-corrected chi connectivity index (χ0v) is 20.5. The van der Waals surface area contributed by atoms with E-state index >= 15 is 0 Å². The van der Waals surface area contributed by atoms with Gasteiger partial charge < -0.3 is 14.4 Å². The number of aryl methyl sites for hydroxylation is 1. The van der Waals surface area contributed by atoms with Crippen LogP contribution in [0.25, 0.3) is 10.9 Å². The zero-order valence-electron chi connectivity index (χ0n) is 20.5. The molecule has 4 rings (SSSR count). The van der Waals surface area contributed by atoms with E-state index in [1.54, 1.807) is 0 Å². The van der Waals surface area contributed by atoms with Gasteiger partial charge in [-0.25, -0.2) is 0 Å². The summed E-state index contributed by atoms with van der Waals surface area (Å²) in [6.45, 7) is 10.4. The van der Waals surface area contributed by atoms with E-state index in [4.69, 9.17) is 4.74 Å². The van der Waals surface area contributed by atoms with Crippen LogP contribution in [0, 0.1) is 13.8 Å². The Balaban J connectivity index is 1.28. The van der Waals surface area contributed by atoms with Gasteiger partial charge >= 0.3 is 0 Å². The summed E-state index contributed by atoms with van der Waals surface area (Å²) in [5, 5.41) is 12.1. The van der Waals surface area contributed by atoms with Crippen molar-refractivity contribution in [3.05, 3.63) is 65.4 Å². The molecular formula is C28H39N3O2. The smallest absolute Gasteiger partial charge is 0.119 e. The fourth-order valence-corrected chi connectivity index (χ4v) is 5.05. The van der Waals surface area contributed by atoms with Crippen molar-refractivity contribution < 1.29 is 9.84 Å². The molecule has 1 atom stereocenters. The number of para-hydroxylation sites is 1. The van der Waals surface area contributed by atoms with Crippen molar-refractivity contribution in [1.82, 2.24) is 14.4 Å². The summed E-state index contributed by atoms with van der Waals surface area (Å²) in [5.74, 6) is 0.934. The third-order valence-corrected chi connectivity index (χ3v) is 6.94. The first-order valence-corrected chi connectivity index (χ1v) is 12.4. The summed E-state index contributed by atoms with van der Waals surface area (Å²) < 4.78 is 8.28. The van der Waals surface area contributed by atoms with Crippen LogP contribution in [0.1, 0.15) is 36.1 Å². The highest BCUT2D eigenvalue weighted by Gasteiger charge is 2.15. The first-order chi connectivity index (χ1) is 16.0. The minimum atomic E-state index is -0.437. The Bertz CT molecular complexity index is 1040. The fourth-order valence-electron chi connectivity index (χ4n) is 5.05. The number of rotatable bonds is 10. The number of aliphatic hydroxyl groups excluding tert-OH is 1. The number of hydrogen-bond donors (Lipinski definition) is 1. The number of likely N-dealkylation sites (tertiary alicyclic amines) is 1. The molecule has 0 bridgehead atoms. The Labute approximate surface area is 198 Å². The van der Waals surface area contributed by atoms with Gasteiger partial charge in [0.05, 0.1) is 12.6 Å². The van der Waals surface area contributed by atoms with Gasteiger partial charge in [-0.2, -0.15) is 0 Å². The summed E-state index contributed by atoms with van der Waals surface area (Å²) in [4.78, 5) is 4.69. The number of hydrogen-bond acceptors (Lipinski definition) is 4. The van der Waals surface area contributed by atoms with Gasteiger partial charge in [0.25, 0.3) is 0 Å². The van der Waals surface area contributed by atoms with Crippen LogP contribution in [0.4, 0.5) is 0 Å². The van der Waals surface area contributed by atoms with Gasteiger partial charge in [-0.15, -0.1) is 0 Å². The van der Waals surface area contributed by atoms with E-state index in [9.17, 15) is 5.11 Å². The standard InChI is InChI=1S/C28H39N3O2/c1-22-23(2)31(28-13-6-5-12-27(22)28)21-25(32)20-29(3)19-24-10-9-11-26(18-24)33-17-16-30-14-7-4-8-15-30/h5-6,9-13,18,25,32H,4,7-8,14-17,19-21H2,1-3H3. The maximum atomic E-state index is 10.8. The maximum Gasteiger partial charge on any atom is 0.119 e. The molecule has 3 aromatic rings. The lowest BCUT2D eigenvalue weighted by atomic mass is 10.1. The van der Waals surface area contributed by atoms with Crippen molar-refractivity contribution in [2.45, 2.75) is 52.3 Å². The lowest BCUT2D eigenvalue weighted by Crippen LogP contribution is -2.33. The van der Waals surface area contributed by atoms with Crippen LogP contribution in [0.15, 0.2) is 48.5 Å². The molecule has 178 valence electrons. The van der Waals surface area contributed by atoms with E-state index in [1.807, 2.05) is 6.07 Å². The lowest BCUT2D eigenvalue weighted by molar-refractivity contribution is 0.108. The monoisotopic (exact) mass is 449 g/mol. The Hall–Kier alpha value is -2.34. The second kappa shape index (κ2) is 11.2. The summed E-state index contributed by atoms with van der Waals surface area (Å²) in [5.41, 5.74) is 4.93. The molecule has 1 aliphatic rings. The lowest BCUT2D eigenvalue weighted by Gasteiger charge is -2.26. The first kappa shape index (κ1) is 23.8. The predicted molar refractivity (Wildman–Crippen MR) is 136 cm³/mol. The predicted octanol–water partition coefficient (Wildman–Crippen LogP) is 4.62. The first-order valence-electron chi connectivity index (χ1n) is 12.4. The number of aliphatic hydroxyl groups is 1. The molecule has 1 saturated heterocycles. The molecule has 1 N–H and O–H groups in total. The molecule has 0 aliphatic carbocycles. The van der Waals surface area contributed by atoms with E-state index in [1.165, 1.54) is 60.1 Å². The maximum absolute atomic E-state index is 10.8. The quantitative estimate of drug-likeness (QED) is 0.491. The average molecular weight is 450 g/mol. The van der Waals surface area contributed by atoms with E-state index in [0.717, 1.165) is 25.4 Å². The number of benzene rings is 2. The zero-order chi connectivity index (χ0) is 23.2. The molecule has 0 radical (unpaired) electrons. The molecule has 0 spiro atoms. The van der Waals surface area contributed by atoms with E-state index in [2.05, 4.69) is 77.7 Å². The Morgan fingerprint density at radius 3 is 2.64 bits per heavy atom. The van der Waals surface area contributed by atoms with E-state index in [0.29, 0.717) is 13.1 Å². The van der Waals surface area contributed by atoms with Crippen LogP contribution in [-0.4, -0.2) is 65.4 Å². The van der Waals surface area contributed by atoms with Crippen LogP contribution >= 0.6 is 0 Å². The minimum Gasteiger partial charge on any atom is -0.492 e. The van der Waals surface area contributed by atoms with Crippen LogP contribution in [0.3, 0.4) is 0 Å². The summed E-state index contributed by atoms with van der Waals surface area (Å²) >= 11 is 0. The van der Waals surface area contributed by atoms with Crippen molar-refractivity contribution in [2.24, 2.45) is 0 Å². The van der Waals surface area contributed by atoms with Gasteiger partial charge in [-0.1, -0.05) is 36.8 Å². The number of nitrogens with zero attached hydrogens (tertiary/aromatic N) is 3. The highest BCUT2D eigenvalue weighted by Crippen LogP contribution is 2.25. The number of fused-ring (bicyclic) bond motifs is 1. The van der Waals surface area contributed by atoms with Crippen LogP contribution in [0.5, 0.6) is 5.75 Å². The van der Waals surface area contributed by atoms with Crippen LogP contribution < -0.4 is 4.74 Å². The van der Waals surface area contributed by atoms with Gasteiger partial charge in [0.15, 0.2) is 0 Å². The number of piperidine rings is 1. The van der Waals surface area contributed by atoms with Gasteiger partial charge in [0.1, 0.15) is 12.4 Å². The van der Waals surface area contributed by atoms with E-state index in [-0.39, 0.29) is 0 Å². The normalized spacial score (nSPS) is 15.9. The molecule has 0 saturated carbocycles. The molecular weight excluding hydrogens is 410 g/mol. The van der Waals surface area contributed by atoms with E-state index < -0.39 is 6.10 Å². The molecule has 1 aliphatic heterocycles. The topological polar surface area (TPSA) is 40.9 Å². The van der Waals surface area contributed by atoms with Gasteiger partial charge in [0, 0.05) is 36.2 Å². The molecule has 2 heterocycles. The highest BCUT2D eigenvalue weighted by atomic mass is 16.5. The van der Waals surface area contributed by atoms with Gasteiger partial charge in [-0.05, 0) is 76.2 Å². The summed E-state index contributed by atoms with van der Waals surface area (Å²) in [6, 6.07) is 16.8. The van der Waals surface area contributed by atoms with Crippen molar-refractivity contribution >= 4 is 10.9 Å². The highest BCUT2D eigenvalue weighted by molar-refractivity contribution is 5.85. The van der Waals surface area contributed by atoms with Gasteiger partial charge in [0.2, 0.25) is 0 Å². The minimum absolute atomic E-state index is 0.437. The summed E-state index contributed by atoms with van der Waals surface area (Å²) in [7, 11) is 2.07. The van der Waals surface area contributed by atoms with Crippen molar-refractivity contribution in [3.8, 4) is 5.75 Å². The SMILES string of the molecule is Cc1c(C)n(CC(O)CN(C)Cc2cccc(OCCN3CCCCC3)c2)c2ccccc12. The van der Waals surface area contributed by atoms with Crippen LogP contribution in [-0.2, 0) is 13.1 Å². The average Bonchev–Trinajstić information content (AvgIpc) is 3.05. The molecule has 33 heavy (non-hydrogen) atoms. The Morgan fingerprint density at radius 2 is 1.82 bits per heavy atom. The van der Waals surface area contributed by atoms with Crippen molar-refractivity contribution in [2.75, 3.05) is 39.8 Å². The molecule has 1 aromatic heterocycles. The Morgan fingerprint density at radius 1 is 1.03 bits per heavy atom. The van der Waals surface area contributed by atoms with Crippen molar-refractivity contribution in [1.29, 1.82) is 0 Å². The largest absolute Gasteiger partial charge is 0.492 e. The third-order valence-electron chi connectivity index (χ3n) is 6.94. The second-order valence-corrected chi connectivity index (χ2v) is 9.59. The molecule has 0 amide bonds. The van der Waals surface area contributed by atoms with Crippen molar-refractivity contribution in [3.63, 3.8) is 0 Å². The van der Waals surface area contributed by atoms with Gasteiger partial charge in [-0.3, -0.25) is 9.80 Å². The van der Waals surface area contributed by atoms with Crippen LogP contribution in [0.2, 0.25) is 0 Å². The molecule has 2 aromatic carbocycles. The molecule has 5 heteroatoms. The molecule has 5 nitrogen and oxygen atoms in total.